The summed E-state index contributed by atoms with van der Waals surface area (Å²) in [5.74, 6) is -0.236. The molecule has 84 valence electrons. The van der Waals surface area contributed by atoms with Crippen LogP contribution < -0.4 is 0 Å². The Bertz CT molecular complexity index is 319. The molecule has 0 fully saturated rings. The van der Waals surface area contributed by atoms with Gasteiger partial charge >= 0.3 is 0 Å². The Morgan fingerprint density at radius 2 is 2.27 bits per heavy atom. The molecule has 0 radical (unpaired) electrons. The fourth-order valence-corrected chi connectivity index (χ4v) is 1.95. The predicted molar refractivity (Wildman–Crippen MR) is 64.3 cm³/mol. The molecule has 0 aliphatic rings. The molecule has 1 aromatic carbocycles. The molecule has 0 spiro atoms. The molecule has 0 amide bonds. The van der Waals surface area contributed by atoms with Crippen molar-refractivity contribution in [2.45, 2.75) is 17.7 Å². The van der Waals surface area contributed by atoms with E-state index in [2.05, 4.69) is 15.9 Å². The first-order chi connectivity index (χ1) is 7.13. The zero-order chi connectivity index (χ0) is 11.3. The van der Waals surface area contributed by atoms with Crippen LogP contribution in [0.1, 0.15) is 12.0 Å². The lowest BCUT2D eigenvalue weighted by molar-refractivity contribution is 0.198. The van der Waals surface area contributed by atoms with Gasteiger partial charge in [-0.3, -0.25) is 0 Å². The van der Waals surface area contributed by atoms with Crippen molar-refractivity contribution in [3.05, 3.63) is 34.6 Å². The largest absolute Gasteiger partial charge is 0.384 e. The van der Waals surface area contributed by atoms with Crippen LogP contribution in [0.3, 0.4) is 0 Å². The molecule has 1 atom stereocenters. The van der Waals surface area contributed by atoms with Crippen LogP contribution in [0.2, 0.25) is 5.02 Å². The van der Waals surface area contributed by atoms with Crippen molar-refractivity contribution < 1.29 is 9.13 Å². The number of alkyl halides is 1. The van der Waals surface area contributed by atoms with Gasteiger partial charge in [-0.05, 0) is 30.5 Å². The Morgan fingerprint density at radius 1 is 1.53 bits per heavy atom. The lowest BCUT2D eigenvalue weighted by Gasteiger charge is -2.08. The molecule has 1 rings (SSSR count). The van der Waals surface area contributed by atoms with Crippen molar-refractivity contribution in [2.24, 2.45) is 0 Å². The molecule has 1 unspecified atom stereocenters. The van der Waals surface area contributed by atoms with E-state index in [1.807, 2.05) is 0 Å². The number of methoxy groups -OCH3 is 1. The standard InChI is InChI=1S/C11H13BrClFO/c1-15-7-9(12)4-2-8-3-5-10(13)6-11(8)14/h3,5-6,9H,2,4,7H2,1H3. The quantitative estimate of drug-likeness (QED) is 0.750. The molecule has 0 saturated carbocycles. The number of hydrogen-bond donors (Lipinski definition) is 0. The fourth-order valence-electron chi connectivity index (χ4n) is 1.30. The Labute approximate surface area is 103 Å². The molecule has 15 heavy (non-hydrogen) atoms. The van der Waals surface area contributed by atoms with E-state index in [9.17, 15) is 4.39 Å². The summed E-state index contributed by atoms with van der Waals surface area (Å²) in [5, 5.41) is 0.434. The van der Waals surface area contributed by atoms with Crippen molar-refractivity contribution >= 4 is 27.5 Å². The van der Waals surface area contributed by atoms with Gasteiger partial charge in [-0.15, -0.1) is 0 Å². The van der Waals surface area contributed by atoms with Gasteiger partial charge in [-0.1, -0.05) is 33.6 Å². The van der Waals surface area contributed by atoms with E-state index in [1.54, 1.807) is 19.2 Å². The van der Waals surface area contributed by atoms with Gasteiger partial charge in [0.1, 0.15) is 5.82 Å². The van der Waals surface area contributed by atoms with Crippen molar-refractivity contribution in [1.82, 2.24) is 0 Å². The molecular formula is C11H13BrClFO. The Morgan fingerprint density at radius 3 is 2.87 bits per heavy atom. The van der Waals surface area contributed by atoms with Gasteiger partial charge in [0.25, 0.3) is 0 Å². The van der Waals surface area contributed by atoms with Crippen LogP contribution in [0, 0.1) is 5.82 Å². The lowest BCUT2D eigenvalue weighted by Crippen LogP contribution is -2.08. The monoisotopic (exact) mass is 294 g/mol. The van der Waals surface area contributed by atoms with Crippen molar-refractivity contribution in [1.29, 1.82) is 0 Å². The second-order valence-electron chi connectivity index (χ2n) is 3.33. The van der Waals surface area contributed by atoms with Gasteiger partial charge in [0.15, 0.2) is 0 Å². The summed E-state index contributed by atoms with van der Waals surface area (Å²) in [6.07, 6.45) is 1.52. The first-order valence-corrected chi connectivity index (χ1v) is 5.99. The van der Waals surface area contributed by atoms with E-state index in [0.717, 1.165) is 6.42 Å². The molecule has 0 N–H and O–H groups in total. The molecule has 0 bridgehead atoms. The number of benzene rings is 1. The lowest BCUT2D eigenvalue weighted by atomic mass is 10.1. The van der Waals surface area contributed by atoms with Crippen molar-refractivity contribution in [3.8, 4) is 0 Å². The average molecular weight is 296 g/mol. The molecule has 4 heteroatoms. The smallest absolute Gasteiger partial charge is 0.127 e. The van der Waals surface area contributed by atoms with Gasteiger partial charge in [0, 0.05) is 17.0 Å². The number of rotatable bonds is 5. The third-order valence-electron chi connectivity index (χ3n) is 2.09. The second-order valence-corrected chi connectivity index (χ2v) is 5.06. The Balaban J connectivity index is 2.50. The number of aryl methyl sites for hydroxylation is 1. The first-order valence-electron chi connectivity index (χ1n) is 4.70. The maximum absolute atomic E-state index is 13.4. The first kappa shape index (κ1) is 12.9. The van der Waals surface area contributed by atoms with Crippen molar-refractivity contribution in [2.75, 3.05) is 13.7 Å². The predicted octanol–water partition coefficient (Wildman–Crippen LogP) is 3.82. The van der Waals surface area contributed by atoms with Gasteiger partial charge in [0.2, 0.25) is 0 Å². The average Bonchev–Trinajstić information content (AvgIpc) is 2.17. The highest BCUT2D eigenvalue weighted by Crippen LogP contribution is 2.18. The molecule has 0 saturated heterocycles. The molecule has 1 nitrogen and oxygen atoms in total. The highest BCUT2D eigenvalue weighted by Gasteiger charge is 2.07. The Kier molecular flexibility index (Phi) is 5.58. The number of hydrogen-bond acceptors (Lipinski definition) is 1. The number of ether oxygens (including phenoxy) is 1. The van der Waals surface area contributed by atoms with Gasteiger partial charge < -0.3 is 4.74 Å². The molecule has 0 aromatic heterocycles. The van der Waals surface area contributed by atoms with E-state index in [-0.39, 0.29) is 10.6 Å². The van der Waals surface area contributed by atoms with Gasteiger partial charge in [0.05, 0.1) is 6.61 Å². The summed E-state index contributed by atoms with van der Waals surface area (Å²) in [6, 6.07) is 4.78. The highest BCUT2D eigenvalue weighted by molar-refractivity contribution is 9.09. The van der Waals surface area contributed by atoms with E-state index < -0.39 is 0 Å². The summed E-state index contributed by atoms with van der Waals surface area (Å²) in [7, 11) is 1.65. The summed E-state index contributed by atoms with van der Waals surface area (Å²) >= 11 is 9.12. The van der Waals surface area contributed by atoms with Crippen LogP contribution in [-0.4, -0.2) is 18.5 Å². The van der Waals surface area contributed by atoms with Crippen LogP contribution >= 0.6 is 27.5 Å². The van der Waals surface area contributed by atoms with Crippen LogP contribution in [0.5, 0.6) is 0 Å². The minimum Gasteiger partial charge on any atom is -0.384 e. The summed E-state index contributed by atoms with van der Waals surface area (Å²) in [4.78, 5) is 0.262. The van der Waals surface area contributed by atoms with E-state index in [0.29, 0.717) is 23.6 Å². The van der Waals surface area contributed by atoms with Crippen LogP contribution in [0.4, 0.5) is 4.39 Å². The normalized spacial score (nSPS) is 12.8. The van der Waals surface area contributed by atoms with Crippen molar-refractivity contribution in [3.63, 3.8) is 0 Å². The third kappa shape index (κ3) is 4.49. The third-order valence-corrected chi connectivity index (χ3v) is 3.05. The van der Waals surface area contributed by atoms with Gasteiger partial charge in [-0.25, -0.2) is 4.39 Å². The zero-order valence-corrected chi connectivity index (χ0v) is 10.8. The van der Waals surface area contributed by atoms with E-state index >= 15 is 0 Å². The minimum absolute atomic E-state index is 0.236. The molecule has 0 aliphatic carbocycles. The topological polar surface area (TPSA) is 9.23 Å². The summed E-state index contributed by atoms with van der Waals surface area (Å²) in [6.45, 7) is 0.634. The van der Waals surface area contributed by atoms with Crippen LogP contribution in [-0.2, 0) is 11.2 Å². The number of halogens is 3. The molecule has 0 aliphatic heterocycles. The maximum Gasteiger partial charge on any atom is 0.127 e. The maximum atomic E-state index is 13.4. The molecule has 1 aromatic rings. The molecule has 0 heterocycles. The highest BCUT2D eigenvalue weighted by atomic mass is 79.9. The van der Waals surface area contributed by atoms with Crippen LogP contribution in [0.15, 0.2) is 18.2 Å². The van der Waals surface area contributed by atoms with Crippen LogP contribution in [0.25, 0.3) is 0 Å². The summed E-state index contributed by atoms with van der Waals surface area (Å²) < 4.78 is 18.3. The minimum atomic E-state index is -0.236. The second kappa shape index (κ2) is 6.46. The zero-order valence-electron chi connectivity index (χ0n) is 8.47. The van der Waals surface area contributed by atoms with Gasteiger partial charge in [-0.2, -0.15) is 0 Å². The fraction of sp³-hybridized carbons (Fsp3) is 0.455. The van der Waals surface area contributed by atoms with E-state index in [1.165, 1.54) is 6.07 Å². The molecular weight excluding hydrogens is 282 g/mol. The SMILES string of the molecule is COCC(Br)CCc1ccc(Cl)cc1F. The van der Waals surface area contributed by atoms with E-state index in [4.69, 9.17) is 16.3 Å². The Hall–Kier alpha value is -0.120. The summed E-state index contributed by atoms with van der Waals surface area (Å²) in [5.41, 5.74) is 0.694.